The maximum Gasteiger partial charge on any atom is 0.305 e. The summed E-state index contributed by atoms with van der Waals surface area (Å²) in [7, 11) is 0. The lowest BCUT2D eigenvalue weighted by Gasteiger charge is -2.34. The van der Waals surface area contributed by atoms with Gasteiger partial charge >= 0.3 is 5.97 Å². The highest BCUT2D eigenvalue weighted by Gasteiger charge is 2.19. The summed E-state index contributed by atoms with van der Waals surface area (Å²) in [5.74, 6) is -0.728. The Bertz CT molecular complexity index is 417. The largest absolute Gasteiger partial charge is 0.481 e. The monoisotopic (exact) mass is 277 g/mol. The van der Waals surface area contributed by atoms with Crippen molar-refractivity contribution in [2.24, 2.45) is 0 Å². The summed E-state index contributed by atoms with van der Waals surface area (Å²) in [5.41, 5.74) is 2.39. The summed E-state index contributed by atoms with van der Waals surface area (Å²) in [5, 5.41) is 8.98. The van der Waals surface area contributed by atoms with E-state index < -0.39 is 5.97 Å². The van der Waals surface area contributed by atoms with Crippen LogP contribution in [0.2, 0.25) is 0 Å². The van der Waals surface area contributed by atoms with Gasteiger partial charge in [-0.05, 0) is 31.4 Å². The van der Waals surface area contributed by atoms with Crippen molar-refractivity contribution < 1.29 is 9.90 Å². The van der Waals surface area contributed by atoms with Crippen LogP contribution in [0.3, 0.4) is 0 Å². The number of hydrogen-bond donors (Lipinski definition) is 1. The highest BCUT2D eigenvalue weighted by Crippen LogP contribution is 2.25. The minimum atomic E-state index is -0.728. The molecule has 0 saturated carbocycles. The van der Waals surface area contributed by atoms with Crippen LogP contribution in [-0.2, 0) is 4.79 Å². The van der Waals surface area contributed by atoms with Crippen molar-refractivity contribution in [1.29, 1.82) is 0 Å². The van der Waals surface area contributed by atoms with Crippen molar-refractivity contribution in [2.75, 3.05) is 11.4 Å². The lowest BCUT2D eigenvalue weighted by atomic mass is 10.0. The van der Waals surface area contributed by atoms with Gasteiger partial charge in [-0.15, -0.1) is 0 Å². The molecule has 0 fully saturated rings. The predicted molar refractivity (Wildman–Crippen MR) is 84.4 cm³/mol. The standard InChI is InChI=1S/C17H27NO2/c1-4-6-10-15(5-2)18(13-12-17(19)20)16-11-8-7-9-14(16)3/h7-9,11,15H,4-6,10,12-13H2,1-3H3,(H,19,20). The number of nitrogens with zero attached hydrogens (tertiary/aromatic N) is 1. The number of hydrogen-bond acceptors (Lipinski definition) is 2. The molecule has 1 aromatic carbocycles. The molecule has 1 aromatic rings. The van der Waals surface area contributed by atoms with Crippen LogP contribution < -0.4 is 4.90 Å². The number of para-hydroxylation sites is 1. The van der Waals surface area contributed by atoms with Gasteiger partial charge in [0.1, 0.15) is 0 Å². The SMILES string of the molecule is CCCCC(CC)N(CCC(=O)O)c1ccccc1C. The van der Waals surface area contributed by atoms with Gasteiger partial charge < -0.3 is 10.0 Å². The Morgan fingerprint density at radius 2 is 2.00 bits per heavy atom. The Morgan fingerprint density at radius 3 is 2.55 bits per heavy atom. The Morgan fingerprint density at radius 1 is 1.30 bits per heavy atom. The Kier molecular flexibility index (Phi) is 7.13. The van der Waals surface area contributed by atoms with E-state index in [1.807, 2.05) is 12.1 Å². The number of aliphatic carboxylic acids is 1. The van der Waals surface area contributed by atoms with E-state index in [1.54, 1.807) is 0 Å². The second-order valence-electron chi connectivity index (χ2n) is 5.33. The molecule has 0 amide bonds. The van der Waals surface area contributed by atoms with Crippen LogP contribution >= 0.6 is 0 Å². The minimum absolute atomic E-state index is 0.191. The van der Waals surface area contributed by atoms with Gasteiger partial charge in [0.25, 0.3) is 0 Å². The molecule has 1 unspecified atom stereocenters. The van der Waals surface area contributed by atoms with Gasteiger partial charge in [0.15, 0.2) is 0 Å². The van der Waals surface area contributed by atoms with Gasteiger partial charge in [-0.2, -0.15) is 0 Å². The van der Waals surface area contributed by atoms with Crippen LogP contribution in [0, 0.1) is 6.92 Å². The maximum absolute atomic E-state index is 10.9. The van der Waals surface area contributed by atoms with Crippen LogP contribution in [0.4, 0.5) is 5.69 Å². The first-order valence-electron chi connectivity index (χ1n) is 7.64. The summed E-state index contributed by atoms with van der Waals surface area (Å²) in [6, 6.07) is 8.68. The maximum atomic E-state index is 10.9. The molecule has 0 aliphatic carbocycles. The first kappa shape index (κ1) is 16.5. The summed E-state index contributed by atoms with van der Waals surface area (Å²) >= 11 is 0. The van der Waals surface area contributed by atoms with Crippen LogP contribution in [0.5, 0.6) is 0 Å². The molecule has 0 aromatic heterocycles. The van der Waals surface area contributed by atoms with Crippen LogP contribution in [-0.4, -0.2) is 23.7 Å². The highest BCUT2D eigenvalue weighted by molar-refractivity contribution is 5.68. The van der Waals surface area contributed by atoms with E-state index in [1.165, 1.54) is 24.1 Å². The Hall–Kier alpha value is -1.51. The second kappa shape index (κ2) is 8.62. The molecule has 0 saturated heterocycles. The van der Waals surface area contributed by atoms with Gasteiger partial charge in [0.2, 0.25) is 0 Å². The van der Waals surface area contributed by atoms with E-state index in [4.69, 9.17) is 5.11 Å². The summed E-state index contributed by atoms with van der Waals surface area (Å²) < 4.78 is 0. The number of anilines is 1. The normalized spacial score (nSPS) is 12.2. The van der Waals surface area contributed by atoms with Gasteiger partial charge in [-0.3, -0.25) is 4.79 Å². The zero-order valence-electron chi connectivity index (χ0n) is 12.9. The van der Waals surface area contributed by atoms with Crippen molar-refractivity contribution in [3.63, 3.8) is 0 Å². The molecule has 20 heavy (non-hydrogen) atoms. The van der Waals surface area contributed by atoms with E-state index >= 15 is 0 Å². The molecule has 112 valence electrons. The number of unbranched alkanes of at least 4 members (excludes halogenated alkanes) is 1. The third-order valence-corrected chi connectivity index (χ3v) is 3.79. The number of carboxylic acids is 1. The van der Waals surface area contributed by atoms with Crippen molar-refractivity contribution in [3.8, 4) is 0 Å². The molecular weight excluding hydrogens is 250 g/mol. The van der Waals surface area contributed by atoms with E-state index in [0.29, 0.717) is 12.6 Å². The predicted octanol–water partition coefficient (Wildman–Crippen LogP) is 4.24. The zero-order chi connectivity index (χ0) is 15.0. The van der Waals surface area contributed by atoms with Gasteiger partial charge in [-0.25, -0.2) is 0 Å². The van der Waals surface area contributed by atoms with Crippen LogP contribution in [0.1, 0.15) is 51.5 Å². The van der Waals surface area contributed by atoms with Gasteiger partial charge in [0.05, 0.1) is 6.42 Å². The number of rotatable bonds is 9. The molecule has 0 radical (unpaired) electrons. The molecule has 0 bridgehead atoms. The number of aryl methyl sites for hydroxylation is 1. The van der Waals surface area contributed by atoms with E-state index in [9.17, 15) is 4.79 Å². The topological polar surface area (TPSA) is 40.5 Å². The van der Waals surface area contributed by atoms with Crippen molar-refractivity contribution in [1.82, 2.24) is 0 Å². The summed E-state index contributed by atoms with van der Waals surface area (Å²) in [6.07, 6.45) is 4.73. The second-order valence-corrected chi connectivity index (χ2v) is 5.33. The minimum Gasteiger partial charge on any atom is -0.481 e. The first-order valence-corrected chi connectivity index (χ1v) is 7.64. The first-order chi connectivity index (χ1) is 9.60. The smallest absolute Gasteiger partial charge is 0.305 e. The molecule has 0 aliphatic heterocycles. The molecule has 0 aliphatic rings. The highest BCUT2D eigenvalue weighted by atomic mass is 16.4. The summed E-state index contributed by atoms with van der Waals surface area (Å²) in [6.45, 7) is 7.06. The number of carboxylic acid groups (broad SMARTS) is 1. The van der Waals surface area contributed by atoms with Crippen molar-refractivity contribution >= 4 is 11.7 Å². The third-order valence-electron chi connectivity index (χ3n) is 3.79. The van der Waals surface area contributed by atoms with E-state index in [2.05, 4.69) is 37.8 Å². The summed E-state index contributed by atoms with van der Waals surface area (Å²) in [4.78, 5) is 13.2. The van der Waals surface area contributed by atoms with Crippen molar-refractivity contribution in [3.05, 3.63) is 29.8 Å². The van der Waals surface area contributed by atoms with Crippen LogP contribution in [0.15, 0.2) is 24.3 Å². The molecule has 0 heterocycles. The lowest BCUT2D eigenvalue weighted by Crippen LogP contribution is -2.37. The Balaban J connectivity index is 2.93. The molecule has 3 heteroatoms. The van der Waals surface area contributed by atoms with Gasteiger partial charge in [-0.1, -0.05) is 44.9 Å². The average Bonchev–Trinajstić information content (AvgIpc) is 2.43. The molecule has 3 nitrogen and oxygen atoms in total. The zero-order valence-corrected chi connectivity index (χ0v) is 12.9. The van der Waals surface area contributed by atoms with Crippen LogP contribution in [0.25, 0.3) is 0 Å². The number of carbonyl (C=O) groups is 1. The average molecular weight is 277 g/mol. The van der Waals surface area contributed by atoms with E-state index in [-0.39, 0.29) is 6.42 Å². The van der Waals surface area contributed by atoms with Crippen molar-refractivity contribution in [2.45, 2.75) is 58.9 Å². The fourth-order valence-electron chi connectivity index (χ4n) is 2.62. The fraction of sp³-hybridized carbons (Fsp3) is 0.588. The third kappa shape index (κ3) is 4.87. The molecule has 0 spiro atoms. The molecule has 1 N–H and O–H groups in total. The lowest BCUT2D eigenvalue weighted by molar-refractivity contribution is -0.136. The van der Waals surface area contributed by atoms with E-state index in [0.717, 1.165) is 12.8 Å². The molecule has 1 rings (SSSR count). The number of benzene rings is 1. The fourth-order valence-corrected chi connectivity index (χ4v) is 2.62. The molecular formula is C17H27NO2. The molecule has 1 atom stereocenters. The quantitative estimate of drug-likeness (QED) is 0.733. The van der Waals surface area contributed by atoms with Gasteiger partial charge in [0, 0.05) is 18.3 Å². The Labute approximate surface area is 122 Å².